The molecule has 0 saturated carbocycles. The highest BCUT2D eigenvalue weighted by Gasteiger charge is 2.28. The maximum atomic E-state index is 13.2. The second kappa shape index (κ2) is 9.48. The standard InChI is InChI=1S/C27H26N4O3S/c1-30-18-16-28-26(30)25(21-8-3-2-4-9-21)29-27(32)22-11-13-24(14-12-22)35(33,34)31-17-15-20-7-5-6-10-23(20)19-31/h2-14,16,18,25H,15,17,19H2,1H3,(H,29,32). The van der Waals surface area contributed by atoms with Crippen molar-refractivity contribution in [2.45, 2.75) is 23.9 Å². The fraction of sp³-hybridized carbons (Fsp3) is 0.185. The third-order valence-electron chi connectivity index (χ3n) is 6.37. The molecule has 0 radical (unpaired) electrons. The summed E-state index contributed by atoms with van der Waals surface area (Å²) >= 11 is 0. The molecule has 0 fully saturated rings. The highest BCUT2D eigenvalue weighted by Crippen LogP contribution is 2.26. The van der Waals surface area contributed by atoms with Gasteiger partial charge < -0.3 is 9.88 Å². The van der Waals surface area contributed by atoms with Gasteiger partial charge in [-0.15, -0.1) is 0 Å². The molecule has 2 heterocycles. The topological polar surface area (TPSA) is 84.3 Å². The van der Waals surface area contributed by atoms with Crippen LogP contribution >= 0.6 is 0 Å². The van der Waals surface area contributed by atoms with Crippen molar-refractivity contribution < 1.29 is 13.2 Å². The molecule has 1 aromatic heterocycles. The molecule has 1 unspecified atom stereocenters. The van der Waals surface area contributed by atoms with Crippen LogP contribution in [-0.2, 0) is 30.0 Å². The Balaban J connectivity index is 1.35. The van der Waals surface area contributed by atoms with Crippen LogP contribution < -0.4 is 5.32 Å². The summed E-state index contributed by atoms with van der Waals surface area (Å²) in [5.74, 6) is 0.395. The lowest BCUT2D eigenvalue weighted by Crippen LogP contribution is -2.36. The SMILES string of the molecule is Cn1ccnc1C(NC(=O)c1ccc(S(=O)(=O)N2CCc3ccccc3C2)cc1)c1ccccc1. The normalized spacial score (nSPS) is 14.8. The van der Waals surface area contributed by atoms with Crippen molar-refractivity contribution in [1.29, 1.82) is 0 Å². The number of amides is 1. The summed E-state index contributed by atoms with van der Waals surface area (Å²) in [6.07, 6.45) is 4.20. The van der Waals surface area contributed by atoms with Gasteiger partial charge in [0.25, 0.3) is 5.91 Å². The average Bonchev–Trinajstić information content (AvgIpc) is 3.32. The molecule has 178 valence electrons. The van der Waals surface area contributed by atoms with Crippen molar-refractivity contribution in [1.82, 2.24) is 19.2 Å². The third kappa shape index (κ3) is 4.62. The van der Waals surface area contributed by atoms with E-state index in [0.717, 1.165) is 11.1 Å². The minimum Gasteiger partial charge on any atom is -0.338 e. The molecule has 0 bridgehead atoms. The lowest BCUT2D eigenvalue weighted by molar-refractivity contribution is 0.0941. The fourth-order valence-corrected chi connectivity index (χ4v) is 5.83. The smallest absolute Gasteiger partial charge is 0.252 e. The first-order valence-electron chi connectivity index (χ1n) is 11.4. The van der Waals surface area contributed by atoms with E-state index in [4.69, 9.17) is 0 Å². The van der Waals surface area contributed by atoms with Crippen molar-refractivity contribution in [3.8, 4) is 0 Å². The molecular formula is C27H26N4O3S. The number of carbonyl (C=O) groups excluding carboxylic acids is 1. The van der Waals surface area contributed by atoms with Gasteiger partial charge in [0.1, 0.15) is 11.9 Å². The Morgan fingerprint density at radius 2 is 1.63 bits per heavy atom. The van der Waals surface area contributed by atoms with Crippen LogP contribution in [0.4, 0.5) is 0 Å². The summed E-state index contributed by atoms with van der Waals surface area (Å²) in [5.41, 5.74) is 3.49. The Labute approximate surface area is 205 Å². The molecule has 8 heteroatoms. The molecule has 1 atom stereocenters. The molecule has 1 amide bonds. The second-order valence-corrected chi connectivity index (χ2v) is 10.5. The number of nitrogens with one attached hydrogen (secondary N) is 1. The first-order valence-corrected chi connectivity index (χ1v) is 12.9. The maximum Gasteiger partial charge on any atom is 0.252 e. The predicted molar refractivity (Wildman–Crippen MR) is 133 cm³/mol. The molecule has 1 aliphatic rings. The van der Waals surface area contributed by atoms with Gasteiger partial charge >= 0.3 is 0 Å². The summed E-state index contributed by atoms with van der Waals surface area (Å²) in [5, 5.41) is 3.04. The Hall–Kier alpha value is -3.75. The Kier molecular flexibility index (Phi) is 6.23. The van der Waals surface area contributed by atoms with Crippen LogP contribution in [-0.4, -0.2) is 34.7 Å². The highest BCUT2D eigenvalue weighted by molar-refractivity contribution is 7.89. The van der Waals surface area contributed by atoms with Crippen LogP contribution in [0.1, 0.15) is 38.9 Å². The number of benzene rings is 3. The zero-order chi connectivity index (χ0) is 24.4. The molecule has 1 N–H and O–H groups in total. The van der Waals surface area contributed by atoms with Crippen molar-refractivity contribution in [2.24, 2.45) is 7.05 Å². The number of hydrogen-bond donors (Lipinski definition) is 1. The molecule has 0 aliphatic carbocycles. The predicted octanol–water partition coefficient (Wildman–Crippen LogP) is 3.69. The number of aryl methyl sites for hydroxylation is 1. The van der Waals surface area contributed by atoms with E-state index in [1.807, 2.05) is 72.4 Å². The number of sulfonamides is 1. The minimum atomic E-state index is -3.67. The molecule has 0 spiro atoms. The van der Waals surface area contributed by atoms with Gasteiger partial charge in [-0.25, -0.2) is 13.4 Å². The van der Waals surface area contributed by atoms with E-state index in [1.54, 1.807) is 18.3 Å². The summed E-state index contributed by atoms with van der Waals surface area (Å²) < 4.78 is 29.9. The molecule has 7 nitrogen and oxygen atoms in total. The van der Waals surface area contributed by atoms with E-state index < -0.39 is 16.1 Å². The van der Waals surface area contributed by atoms with Crippen LogP contribution in [0.5, 0.6) is 0 Å². The molecule has 4 aromatic rings. The molecule has 5 rings (SSSR count). The van der Waals surface area contributed by atoms with Crippen molar-refractivity contribution in [2.75, 3.05) is 6.54 Å². The summed E-state index contributed by atoms with van der Waals surface area (Å²) in [6, 6.07) is 23.2. The van der Waals surface area contributed by atoms with E-state index in [1.165, 1.54) is 22.0 Å². The van der Waals surface area contributed by atoms with Gasteiger partial charge in [0.2, 0.25) is 10.0 Å². The summed E-state index contributed by atoms with van der Waals surface area (Å²) in [6.45, 7) is 0.785. The zero-order valence-electron chi connectivity index (χ0n) is 19.3. The highest BCUT2D eigenvalue weighted by atomic mass is 32.2. The number of nitrogens with zero attached hydrogens (tertiary/aromatic N) is 3. The van der Waals surface area contributed by atoms with Crippen molar-refractivity contribution in [3.05, 3.63) is 119 Å². The van der Waals surface area contributed by atoms with Gasteiger partial charge in [-0.1, -0.05) is 54.6 Å². The van der Waals surface area contributed by atoms with Gasteiger partial charge in [-0.2, -0.15) is 4.31 Å². The molecule has 3 aromatic carbocycles. The van der Waals surface area contributed by atoms with E-state index in [-0.39, 0.29) is 10.8 Å². The number of carbonyl (C=O) groups is 1. The Morgan fingerprint density at radius 3 is 2.31 bits per heavy atom. The number of hydrogen-bond acceptors (Lipinski definition) is 4. The quantitative estimate of drug-likeness (QED) is 0.451. The molecular weight excluding hydrogens is 460 g/mol. The van der Waals surface area contributed by atoms with Gasteiger partial charge in [-0.3, -0.25) is 4.79 Å². The molecule has 0 saturated heterocycles. The minimum absolute atomic E-state index is 0.178. The van der Waals surface area contributed by atoms with Crippen LogP contribution in [0.3, 0.4) is 0 Å². The van der Waals surface area contributed by atoms with Crippen molar-refractivity contribution in [3.63, 3.8) is 0 Å². The fourth-order valence-electron chi connectivity index (χ4n) is 4.41. The van der Waals surface area contributed by atoms with E-state index in [0.29, 0.717) is 30.9 Å². The van der Waals surface area contributed by atoms with Gasteiger partial charge in [0.15, 0.2) is 0 Å². The second-order valence-electron chi connectivity index (χ2n) is 8.60. The first kappa shape index (κ1) is 23.0. The van der Waals surface area contributed by atoms with Crippen LogP contribution in [0.15, 0.2) is 96.2 Å². The van der Waals surface area contributed by atoms with Crippen molar-refractivity contribution >= 4 is 15.9 Å². The number of imidazole rings is 1. The largest absolute Gasteiger partial charge is 0.338 e. The van der Waals surface area contributed by atoms with Crippen LogP contribution in [0, 0.1) is 0 Å². The number of fused-ring (bicyclic) bond motifs is 1. The monoisotopic (exact) mass is 486 g/mol. The van der Waals surface area contributed by atoms with Gasteiger partial charge in [0.05, 0.1) is 4.90 Å². The number of aromatic nitrogens is 2. The lowest BCUT2D eigenvalue weighted by Gasteiger charge is -2.28. The average molecular weight is 487 g/mol. The lowest BCUT2D eigenvalue weighted by atomic mass is 10.0. The summed E-state index contributed by atoms with van der Waals surface area (Å²) in [4.78, 5) is 17.7. The van der Waals surface area contributed by atoms with Crippen LogP contribution in [0.25, 0.3) is 0 Å². The Morgan fingerprint density at radius 1 is 0.943 bits per heavy atom. The molecule has 1 aliphatic heterocycles. The maximum absolute atomic E-state index is 13.2. The Bertz CT molecular complexity index is 1450. The van der Waals surface area contributed by atoms with Gasteiger partial charge in [0, 0.05) is 38.1 Å². The van der Waals surface area contributed by atoms with E-state index in [2.05, 4.69) is 10.3 Å². The summed E-state index contributed by atoms with van der Waals surface area (Å²) in [7, 11) is -1.79. The van der Waals surface area contributed by atoms with E-state index >= 15 is 0 Å². The van der Waals surface area contributed by atoms with Crippen LogP contribution in [0.2, 0.25) is 0 Å². The van der Waals surface area contributed by atoms with Gasteiger partial charge in [-0.05, 0) is 47.4 Å². The zero-order valence-corrected chi connectivity index (χ0v) is 20.2. The first-order chi connectivity index (χ1) is 16.9. The third-order valence-corrected chi connectivity index (χ3v) is 8.23. The van der Waals surface area contributed by atoms with E-state index in [9.17, 15) is 13.2 Å². The molecule has 35 heavy (non-hydrogen) atoms. The number of rotatable bonds is 6.